The molecule has 1 aromatic heterocycles. The van der Waals surface area contributed by atoms with Crippen molar-refractivity contribution in [1.29, 1.82) is 0 Å². The van der Waals surface area contributed by atoms with Gasteiger partial charge >= 0.3 is 0 Å². The van der Waals surface area contributed by atoms with Crippen LogP contribution >= 0.6 is 11.3 Å². The summed E-state index contributed by atoms with van der Waals surface area (Å²) in [6.07, 6.45) is 2.05. The van der Waals surface area contributed by atoms with Crippen molar-refractivity contribution in [3.63, 3.8) is 0 Å². The monoisotopic (exact) mass is 267 g/mol. The number of benzene rings is 2. The fourth-order valence-electron chi connectivity index (χ4n) is 2.48. The maximum absolute atomic E-state index is 6.38. The molecule has 0 spiro atoms. The van der Waals surface area contributed by atoms with Crippen LogP contribution in [-0.2, 0) is 6.42 Å². The normalized spacial score (nSPS) is 12.7. The molecular weight excluding hydrogens is 250 g/mol. The maximum atomic E-state index is 6.38. The summed E-state index contributed by atoms with van der Waals surface area (Å²) in [6.45, 7) is 0. The third-order valence-corrected chi connectivity index (χ3v) is 4.44. The van der Waals surface area contributed by atoms with Crippen LogP contribution in [0.5, 0.6) is 0 Å². The van der Waals surface area contributed by atoms with Crippen LogP contribution in [0.1, 0.15) is 22.9 Å². The lowest BCUT2D eigenvalue weighted by molar-refractivity contribution is 0.660. The minimum Gasteiger partial charge on any atom is -0.324 e. The molecule has 2 heteroatoms. The summed E-state index contributed by atoms with van der Waals surface area (Å²) in [6, 6.07) is 19.2. The highest BCUT2D eigenvalue weighted by Gasteiger charge is 2.09. The molecule has 0 aliphatic rings. The molecule has 0 radical (unpaired) electrons. The third-order valence-electron chi connectivity index (χ3n) is 3.50. The number of aryl methyl sites for hydroxylation is 1. The number of fused-ring (bicyclic) bond motifs is 1. The quantitative estimate of drug-likeness (QED) is 0.738. The number of rotatable bonds is 4. The molecule has 1 nitrogen and oxygen atoms in total. The van der Waals surface area contributed by atoms with Gasteiger partial charge < -0.3 is 5.73 Å². The fraction of sp³-hybridized carbons (Fsp3) is 0.176. The first-order valence-electron chi connectivity index (χ1n) is 6.60. The zero-order valence-corrected chi connectivity index (χ0v) is 11.6. The fourth-order valence-corrected chi connectivity index (χ4v) is 3.21. The summed E-state index contributed by atoms with van der Waals surface area (Å²) in [5.41, 5.74) is 7.64. The maximum Gasteiger partial charge on any atom is 0.0304 e. The summed E-state index contributed by atoms with van der Waals surface area (Å²) in [7, 11) is 0. The minimum atomic E-state index is 0.105. The van der Waals surface area contributed by atoms with Gasteiger partial charge in [-0.2, -0.15) is 0 Å². The van der Waals surface area contributed by atoms with Crippen molar-refractivity contribution >= 4 is 22.1 Å². The summed E-state index contributed by atoms with van der Waals surface area (Å²) in [4.78, 5) is 1.41. The van der Waals surface area contributed by atoms with Crippen LogP contribution in [0.3, 0.4) is 0 Å². The van der Waals surface area contributed by atoms with E-state index in [4.69, 9.17) is 5.73 Å². The van der Waals surface area contributed by atoms with Crippen molar-refractivity contribution in [1.82, 2.24) is 0 Å². The Kier molecular flexibility index (Phi) is 3.62. The zero-order chi connectivity index (χ0) is 13.1. The first-order valence-corrected chi connectivity index (χ1v) is 7.48. The molecule has 2 N–H and O–H groups in total. The highest BCUT2D eigenvalue weighted by atomic mass is 32.1. The van der Waals surface area contributed by atoms with E-state index >= 15 is 0 Å². The van der Waals surface area contributed by atoms with Gasteiger partial charge in [0, 0.05) is 10.9 Å². The van der Waals surface area contributed by atoms with Crippen molar-refractivity contribution in [2.45, 2.75) is 18.9 Å². The molecule has 0 amide bonds. The van der Waals surface area contributed by atoms with E-state index in [1.807, 2.05) is 11.3 Å². The van der Waals surface area contributed by atoms with Gasteiger partial charge in [-0.3, -0.25) is 0 Å². The minimum absolute atomic E-state index is 0.105. The third kappa shape index (κ3) is 2.70. The van der Waals surface area contributed by atoms with E-state index in [1.165, 1.54) is 21.2 Å². The van der Waals surface area contributed by atoms with Gasteiger partial charge in [0.2, 0.25) is 0 Å². The predicted molar refractivity (Wildman–Crippen MR) is 83.5 cm³/mol. The van der Waals surface area contributed by atoms with E-state index in [-0.39, 0.29) is 6.04 Å². The van der Waals surface area contributed by atoms with E-state index in [9.17, 15) is 0 Å². The van der Waals surface area contributed by atoms with Gasteiger partial charge in [-0.15, -0.1) is 11.3 Å². The molecule has 0 aliphatic carbocycles. The molecule has 1 heterocycles. The van der Waals surface area contributed by atoms with Crippen LogP contribution in [0.4, 0.5) is 0 Å². The molecule has 19 heavy (non-hydrogen) atoms. The lowest BCUT2D eigenvalue weighted by atomic mass is 9.96. The molecule has 1 atom stereocenters. The highest BCUT2D eigenvalue weighted by molar-refractivity contribution is 7.09. The Bertz CT molecular complexity index is 653. The van der Waals surface area contributed by atoms with Crippen molar-refractivity contribution in [2.24, 2.45) is 5.73 Å². The number of thiophene rings is 1. The Morgan fingerprint density at radius 2 is 1.79 bits per heavy atom. The smallest absolute Gasteiger partial charge is 0.0304 e. The van der Waals surface area contributed by atoms with E-state index < -0.39 is 0 Å². The standard InChI is InChI=1S/C17H17NS/c18-17(11-10-14-7-4-12-19-14)16-9-3-6-13-5-1-2-8-15(13)16/h1-9,12,17H,10-11,18H2. The lowest BCUT2D eigenvalue weighted by Crippen LogP contribution is -2.11. The number of hydrogen-bond acceptors (Lipinski definition) is 2. The van der Waals surface area contributed by atoms with Gasteiger partial charge in [-0.1, -0.05) is 48.5 Å². The molecule has 3 aromatic rings. The van der Waals surface area contributed by atoms with Gasteiger partial charge in [0.15, 0.2) is 0 Å². The van der Waals surface area contributed by atoms with E-state index in [0.717, 1.165) is 12.8 Å². The van der Waals surface area contributed by atoms with Crippen molar-refractivity contribution in [2.75, 3.05) is 0 Å². The van der Waals surface area contributed by atoms with Crippen molar-refractivity contribution in [3.8, 4) is 0 Å². The van der Waals surface area contributed by atoms with Crippen molar-refractivity contribution < 1.29 is 0 Å². The van der Waals surface area contributed by atoms with Crippen molar-refractivity contribution in [3.05, 3.63) is 70.4 Å². The second-order valence-corrected chi connectivity index (χ2v) is 5.83. The topological polar surface area (TPSA) is 26.0 Å². The second-order valence-electron chi connectivity index (χ2n) is 4.79. The van der Waals surface area contributed by atoms with Gasteiger partial charge in [0.05, 0.1) is 0 Å². The van der Waals surface area contributed by atoms with Crippen LogP contribution in [0.25, 0.3) is 10.8 Å². The van der Waals surface area contributed by atoms with Gasteiger partial charge in [-0.05, 0) is 40.6 Å². The van der Waals surface area contributed by atoms with Gasteiger partial charge in [0.25, 0.3) is 0 Å². The SMILES string of the molecule is NC(CCc1cccs1)c1cccc2ccccc12. The summed E-state index contributed by atoms with van der Waals surface area (Å²) in [5.74, 6) is 0. The molecule has 0 fully saturated rings. The first-order chi connectivity index (χ1) is 9.34. The van der Waals surface area contributed by atoms with Crippen LogP contribution in [-0.4, -0.2) is 0 Å². The van der Waals surface area contributed by atoms with Gasteiger partial charge in [-0.25, -0.2) is 0 Å². The summed E-state index contributed by atoms with van der Waals surface area (Å²) >= 11 is 1.81. The first kappa shape index (κ1) is 12.4. The molecule has 0 bridgehead atoms. The van der Waals surface area contributed by atoms with Gasteiger partial charge in [0.1, 0.15) is 0 Å². The molecule has 3 rings (SSSR count). The molecule has 0 aliphatic heterocycles. The van der Waals surface area contributed by atoms with Crippen LogP contribution in [0.2, 0.25) is 0 Å². The Morgan fingerprint density at radius 1 is 0.947 bits per heavy atom. The lowest BCUT2D eigenvalue weighted by Gasteiger charge is -2.14. The second kappa shape index (κ2) is 5.55. The van der Waals surface area contributed by atoms with E-state index in [0.29, 0.717) is 0 Å². The largest absolute Gasteiger partial charge is 0.324 e. The molecular formula is C17H17NS. The molecule has 0 saturated carbocycles. The molecule has 96 valence electrons. The Hall–Kier alpha value is -1.64. The molecule has 0 saturated heterocycles. The van der Waals surface area contributed by atoms with Crippen LogP contribution in [0, 0.1) is 0 Å². The predicted octanol–water partition coefficient (Wildman–Crippen LogP) is 4.53. The Balaban J connectivity index is 1.83. The molecule has 1 unspecified atom stereocenters. The summed E-state index contributed by atoms with van der Waals surface area (Å²) in [5, 5.41) is 4.67. The number of nitrogens with two attached hydrogens (primary N) is 1. The number of hydrogen-bond donors (Lipinski definition) is 1. The average molecular weight is 267 g/mol. The average Bonchev–Trinajstić information content (AvgIpc) is 2.97. The Labute approximate surface area is 117 Å². The summed E-state index contributed by atoms with van der Waals surface area (Å²) < 4.78 is 0. The van der Waals surface area contributed by atoms with Crippen LogP contribution in [0.15, 0.2) is 60.0 Å². The van der Waals surface area contributed by atoms with Crippen LogP contribution < -0.4 is 5.73 Å². The van der Waals surface area contributed by atoms with E-state index in [2.05, 4.69) is 60.0 Å². The zero-order valence-electron chi connectivity index (χ0n) is 10.8. The Morgan fingerprint density at radius 3 is 2.63 bits per heavy atom. The van der Waals surface area contributed by atoms with E-state index in [1.54, 1.807) is 0 Å². The molecule has 2 aromatic carbocycles. The highest BCUT2D eigenvalue weighted by Crippen LogP contribution is 2.26.